The molecular weight excluding hydrogens is 515 g/mol. The average Bonchev–Trinajstić information content (AvgIpc) is 2.86. The van der Waals surface area contributed by atoms with E-state index in [2.05, 4.69) is 37.8 Å². The van der Waals surface area contributed by atoms with E-state index in [0.717, 1.165) is 6.42 Å². The van der Waals surface area contributed by atoms with E-state index in [1.807, 2.05) is 0 Å². The summed E-state index contributed by atoms with van der Waals surface area (Å²) in [5, 5.41) is 9.28. The molecule has 0 unspecified atom stereocenters. The van der Waals surface area contributed by atoms with Gasteiger partial charge in [-0.1, -0.05) is 17.9 Å². The SMILES string of the molecule is COCCCNc1nc(Nc2cccc(F)c2)ncc1C#C[C@H]1C[C@@H](NC(=O)[C@H](C)N(C)C(=O)OC(C)(C)C)C1. The van der Waals surface area contributed by atoms with Gasteiger partial charge >= 0.3 is 6.09 Å². The Kier molecular flexibility index (Phi) is 10.7. The minimum absolute atomic E-state index is 0.0120. The molecule has 0 saturated heterocycles. The first-order valence-corrected chi connectivity index (χ1v) is 13.4. The fourth-order valence-electron chi connectivity index (χ4n) is 3.81. The molecule has 11 heteroatoms. The molecule has 10 nitrogen and oxygen atoms in total. The molecule has 0 aliphatic heterocycles. The lowest BCUT2D eigenvalue weighted by Gasteiger charge is -2.34. The van der Waals surface area contributed by atoms with Crippen LogP contribution in [0.4, 0.5) is 26.6 Å². The molecule has 1 atom stereocenters. The number of carbonyl (C=O) groups is 2. The second-order valence-corrected chi connectivity index (χ2v) is 10.8. The summed E-state index contributed by atoms with van der Waals surface area (Å²) in [5.41, 5.74) is 0.546. The third kappa shape index (κ3) is 9.38. The monoisotopic (exact) mass is 554 g/mol. The number of hydrogen-bond donors (Lipinski definition) is 3. The van der Waals surface area contributed by atoms with Crippen LogP contribution in [-0.2, 0) is 14.3 Å². The number of anilines is 3. The number of halogens is 1. The summed E-state index contributed by atoms with van der Waals surface area (Å²) in [6.45, 7) is 8.25. The highest BCUT2D eigenvalue weighted by atomic mass is 19.1. The van der Waals surface area contributed by atoms with Crippen molar-refractivity contribution in [2.24, 2.45) is 5.92 Å². The molecule has 1 aromatic carbocycles. The van der Waals surface area contributed by atoms with Crippen LogP contribution in [0.25, 0.3) is 0 Å². The highest BCUT2D eigenvalue weighted by molar-refractivity contribution is 5.85. The zero-order valence-electron chi connectivity index (χ0n) is 24.0. The zero-order valence-corrected chi connectivity index (χ0v) is 24.0. The molecule has 216 valence electrons. The maximum atomic E-state index is 13.6. The second kappa shape index (κ2) is 13.9. The van der Waals surface area contributed by atoms with Gasteiger partial charge in [0, 0.05) is 45.0 Å². The summed E-state index contributed by atoms with van der Waals surface area (Å²) >= 11 is 0. The summed E-state index contributed by atoms with van der Waals surface area (Å²) < 4.78 is 24.0. The Balaban J connectivity index is 1.58. The van der Waals surface area contributed by atoms with Crippen molar-refractivity contribution in [3.8, 4) is 11.8 Å². The number of aromatic nitrogens is 2. The van der Waals surface area contributed by atoms with Crippen LogP contribution in [0.3, 0.4) is 0 Å². The Labute approximate surface area is 235 Å². The van der Waals surface area contributed by atoms with E-state index >= 15 is 0 Å². The van der Waals surface area contributed by atoms with E-state index < -0.39 is 17.7 Å². The molecule has 40 heavy (non-hydrogen) atoms. The van der Waals surface area contributed by atoms with E-state index in [1.165, 1.54) is 17.0 Å². The smallest absolute Gasteiger partial charge is 0.410 e. The van der Waals surface area contributed by atoms with E-state index in [0.29, 0.717) is 49.0 Å². The molecular formula is C29H39FN6O4. The van der Waals surface area contributed by atoms with Crippen molar-refractivity contribution < 1.29 is 23.5 Å². The number of ether oxygens (including phenoxy) is 2. The highest BCUT2D eigenvalue weighted by Gasteiger charge is 2.33. The molecule has 3 rings (SSSR count). The number of methoxy groups -OCH3 is 1. The Morgan fingerprint density at radius 1 is 1.27 bits per heavy atom. The third-order valence-corrected chi connectivity index (χ3v) is 6.22. The fourth-order valence-corrected chi connectivity index (χ4v) is 3.81. The summed E-state index contributed by atoms with van der Waals surface area (Å²) in [6, 6.07) is 5.40. The number of amides is 2. The maximum Gasteiger partial charge on any atom is 0.410 e. The van der Waals surface area contributed by atoms with Crippen LogP contribution in [0.1, 0.15) is 52.5 Å². The molecule has 1 aliphatic carbocycles. The van der Waals surface area contributed by atoms with Crippen molar-refractivity contribution in [3.05, 3.63) is 41.8 Å². The Bertz CT molecular complexity index is 1230. The van der Waals surface area contributed by atoms with Crippen molar-refractivity contribution in [3.63, 3.8) is 0 Å². The molecule has 0 radical (unpaired) electrons. The standard InChI is InChI=1S/C29H39FN6O4/c1-19(36(5)28(38)40-29(2,3)4)26(37)33-24-15-20(16-24)11-12-21-18-32-27(34-23-10-7-9-22(30)17-23)35-25(21)31-13-8-14-39-6/h7,9-10,17-20,24H,8,13-16H2,1-6H3,(H,33,37)(H2,31,32,34,35)/t19-,20-,24+/m0/s1. The van der Waals surface area contributed by atoms with Gasteiger partial charge in [-0.15, -0.1) is 0 Å². The fraction of sp³-hybridized carbons (Fsp3) is 0.517. The summed E-state index contributed by atoms with van der Waals surface area (Å²) in [5.74, 6) is 6.83. The summed E-state index contributed by atoms with van der Waals surface area (Å²) in [4.78, 5) is 35.1. The first-order chi connectivity index (χ1) is 18.9. The molecule has 1 saturated carbocycles. The molecule has 0 bridgehead atoms. The van der Waals surface area contributed by atoms with Crippen LogP contribution in [0.5, 0.6) is 0 Å². The molecule has 1 aromatic heterocycles. The topological polar surface area (TPSA) is 118 Å². The Morgan fingerprint density at radius 3 is 2.70 bits per heavy atom. The number of carbonyl (C=O) groups excluding carboxylic acids is 2. The summed E-state index contributed by atoms with van der Waals surface area (Å²) in [7, 11) is 3.20. The van der Waals surface area contributed by atoms with Gasteiger partial charge < -0.3 is 25.4 Å². The minimum Gasteiger partial charge on any atom is -0.444 e. The maximum absolute atomic E-state index is 13.6. The zero-order chi connectivity index (χ0) is 29.3. The van der Waals surface area contributed by atoms with Crippen LogP contribution >= 0.6 is 0 Å². The van der Waals surface area contributed by atoms with Gasteiger partial charge in [-0.25, -0.2) is 14.2 Å². The largest absolute Gasteiger partial charge is 0.444 e. The van der Waals surface area contributed by atoms with Gasteiger partial charge in [0.05, 0.1) is 11.8 Å². The lowest BCUT2D eigenvalue weighted by atomic mass is 9.80. The average molecular weight is 555 g/mol. The first-order valence-electron chi connectivity index (χ1n) is 13.4. The van der Waals surface area contributed by atoms with Gasteiger partial charge in [-0.05, 0) is 65.2 Å². The molecule has 2 aromatic rings. The van der Waals surface area contributed by atoms with Gasteiger partial charge in [-0.3, -0.25) is 9.69 Å². The van der Waals surface area contributed by atoms with Crippen LogP contribution in [0, 0.1) is 23.6 Å². The van der Waals surface area contributed by atoms with Crippen molar-refractivity contribution in [2.45, 2.75) is 64.6 Å². The normalized spacial score (nSPS) is 17.0. The van der Waals surface area contributed by atoms with Crippen molar-refractivity contribution in [1.82, 2.24) is 20.2 Å². The van der Waals surface area contributed by atoms with Crippen LogP contribution < -0.4 is 16.0 Å². The number of nitrogens with zero attached hydrogens (tertiary/aromatic N) is 3. The van der Waals surface area contributed by atoms with Crippen molar-refractivity contribution in [2.75, 3.05) is 37.9 Å². The molecule has 1 aliphatic rings. The van der Waals surface area contributed by atoms with Gasteiger partial charge in [0.2, 0.25) is 11.9 Å². The molecule has 1 fully saturated rings. The Hall–Kier alpha value is -3.91. The van der Waals surface area contributed by atoms with Gasteiger partial charge in [-0.2, -0.15) is 4.98 Å². The van der Waals surface area contributed by atoms with Gasteiger partial charge in [0.15, 0.2) is 0 Å². The Morgan fingerprint density at radius 2 is 2.02 bits per heavy atom. The van der Waals surface area contributed by atoms with Crippen molar-refractivity contribution in [1.29, 1.82) is 0 Å². The number of hydrogen-bond acceptors (Lipinski definition) is 8. The van der Waals surface area contributed by atoms with Crippen molar-refractivity contribution >= 4 is 29.5 Å². The van der Waals surface area contributed by atoms with E-state index in [-0.39, 0.29) is 23.7 Å². The molecule has 1 heterocycles. The number of likely N-dealkylation sites (N-methyl/N-ethyl adjacent to an activating group) is 1. The lowest BCUT2D eigenvalue weighted by molar-refractivity contribution is -0.126. The first kappa shape index (κ1) is 30.6. The number of benzene rings is 1. The number of rotatable bonds is 10. The second-order valence-electron chi connectivity index (χ2n) is 10.8. The summed E-state index contributed by atoms with van der Waals surface area (Å²) in [6.07, 6.45) is 3.28. The van der Waals surface area contributed by atoms with E-state index in [9.17, 15) is 14.0 Å². The number of nitrogens with one attached hydrogen (secondary N) is 3. The van der Waals surface area contributed by atoms with Crippen LogP contribution in [0.2, 0.25) is 0 Å². The molecule has 0 spiro atoms. The van der Waals surface area contributed by atoms with Crippen LogP contribution in [-0.4, -0.2) is 71.9 Å². The van der Waals surface area contributed by atoms with Gasteiger partial charge in [0.25, 0.3) is 0 Å². The third-order valence-electron chi connectivity index (χ3n) is 6.22. The molecule has 2 amide bonds. The quantitative estimate of drug-likeness (QED) is 0.294. The van der Waals surface area contributed by atoms with Crippen LogP contribution in [0.15, 0.2) is 30.5 Å². The molecule has 3 N–H and O–H groups in total. The predicted octanol–water partition coefficient (Wildman–Crippen LogP) is 4.31. The lowest BCUT2D eigenvalue weighted by Crippen LogP contribution is -2.52. The van der Waals surface area contributed by atoms with E-state index in [4.69, 9.17) is 9.47 Å². The predicted molar refractivity (Wildman–Crippen MR) is 152 cm³/mol. The minimum atomic E-state index is -0.664. The van der Waals surface area contributed by atoms with Gasteiger partial charge in [0.1, 0.15) is 23.3 Å². The highest BCUT2D eigenvalue weighted by Crippen LogP contribution is 2.27. The van der Waals surface area contributed by atoms with E-state index in [1.54, 1.807) is 60.2 Å².